The summed E-state index contributed by atoms with van der Waals surface area (Å²) >= 11 is 1.30. The van der Waals surface area contributed by atoms with Crippen LogP contribution in [0.2, 0.25) is 0 Å². The summed E-state index contributed by atoms with van der Waals surface area (Å²) in [4.78, 5) is 20.0. The molecule has 4 heteroatoms. The summed E-state index contributed by atoms with van der Waals surface area (Å²) in [7, 11) is 0. The van der Waals surface area contributed by atoms with Gasteiger partial charge in [0.1, 0.15) is 5.00 Å². The fraction of sp³-hybridized carbons (Fsp3) is 0. The largest absolute Gasteiger partial charge is 0.323 e. The van der Waals surface area contributed by atoms with Gasteiger partial charge in [-0.25, -0.2) is 0 Å². The van der Waals surface area contributed by atoms with Gasteiger partial charge in [-0.05, 0) is 17.5 Å². The fourth-order valence-corrected chi connectivity index (χ4v) is 1.05. The van der Waals surface area contributed by atoms with Gasteiger partial charge in [0.2, 0.25) is 0 Å². The van der Waals surface area contributed by atoms with Crippen molar-refractivity contribution in [3.8, 4) is 0 Å². The lowest BCUT2D eigenvalue weighted by atomic mass is 10.6. The van der Waals surface area contributed by atoms with E-state index in [1.165, 1.54) is 11.3 Å². The van der Waals surface area contributed by atoms with Crippen LogP contribution >= 0.6 is 11.3 Å². The number of rotatable bonds is 2. The lowest BCUT2D eigenvalue weighted by Gasteiger charge is -1.86. The third kappa shape index (κ3) is 1.66. The summed E-state index contributed by atoms with van der Waals surface area (Å²) in [5.41, 5.74) is 0. The molecule has 0 unspecified atom stereocenters. The Morgan fingerprint density at radius 3 is 3.00 bits per heavy atom. The van der Waals surface area contributed by atoms with Crippen LogP contribution in [0.15, 0.2) is 17.5 Å². The molecule has 50 valence electrons. The number of carbonyl (C=O) groups excluding carboxylic acids is 2. The van der Waals surface area contributed by atoms with Gasteiger partial charge in [-0.3, -0.25) is 9.59 Å². The second-order valence-electron chi connectivity index (χ2n) is 1.47. The van der Waals surface area contributed by atoms with Crippen LogP contribution < -0.4 is 5.32 Å². The Balaban J connectivity index is 2.56. The summed E-state index contributed by atoms with van der Waals surface area (Å²) in [6.45, 7) is 0. The van der Waals surface area contributed by atoms with Crippen LogP contribution in [0, 0.1) is 0 Å². The molecule has 0 aliphatic heterocycles. The van der Waals surface area contributed by atoms with E-state index in [9.17, 15) is 9.59 Å². The molecule has 0 aliphatic rings. The van der Waals surface area contributed by atoms with Crippen molar-refractivity contribution in [3.63, 3.8) is 0 Å². The zero-order valence-corrected chi connectivity index (χ0v) is 5.72. The molecule has 0 aliphatic carbocycles. The first-order chi connectivity index (χ1) is 4.83. The second-order valence-corrected chi connectivity index (χ2v) is 2.40. The second kappa shape index (κ2) is 3.12. The lowest BCUT2D eigenvalue weighted by Crippen LogP contribution is -2.09. The van der Waals surface area contributed by atoms with Crippen molar-refractivity contribution in [1.82, 2.24) is 5.32 Å². The van der Waals surface area contributed by atoms with E-state index < -0.39 is 5.91 Å². The maximum atomic E-state index is 10.3. The van der Waals surface area contributed by atoms with Crippen molar-refractivity contribution in [3.05, 3.63) is 17.5 Å². The van der Waals surface area contributed by atoms with Gasteiger partial charge in [0.25, 0.3) is 6.29 Å². The van der Waals surface area contributed by atoms with Crippen LogP contribution in [0.25, 0.3) is 0 Å². The summed E-state index contributed by atoms with van der Waals surface area (Å²) in [5.74, 6) is -0.859. The average Bonchev–Trinajstić information content (AvgIpc) is 2.40. The minimum absolute atomic E-state index is 0.536. The van der Waals surface area contributed by atoms with E-state index in [2.05, 4.69) is 5.32 Å². The molecule has 0 saturated carbocycles. The van der Waals surface area contributed by atoms with Crippen molar-refractivity contribution in [1.29, 1.82) is 0 Å². The standard InChI is InChI=1S/C6H3NO2S/c8-4-5(9)7-6-2-1-3-10-6/h1-3H. The number of nitrogens with zero attached hydrogens (tertiary/aromatic N) is 1. The first-order valence-electron chi connectivity index (χ1n) is 2.50. The maximum absolute atomic E-state index is 10.3. The van der Waals surface area contributed by atoms with Crippen LogP contribution in [0.3, 0.4) is 0 Å². The van der Waals surface area contributed by atoms with E-state index >= 15 is 0 Å². The molecule has 1 aromatic heterocycles. The molecule has 0 spiro atoms. The van der Waals surface area contributed by atoms with E-state index in [4.69, 9.17) is 0 Å². The van der Waals surface area contributed by atoms with E-state index in [-0.39, 0.29) is 0 Å². The monoisotopic (exact) mass is 153 g/mol. The van der Waals surface area contributed by atoms with Crippen molar-refractivity contribution >= 4 is 28.5 Å². The van der Waals surface area contributed by atoms with Gasteiger partial charge in [0.15, 0.2) is 0 Å². The Morgan fingerprint density at radius 1 is 1.70 bits per heavy atom. The van der Waals surface area contributed by atoms with E-state index in [0.717, 1.165) is 6.29 Å². The Labute approximate surface area is 61.7 Å². The number of hydrogen-bond acceptors (Lipinski definition) is 3. The quantitative estimate of drug-likeness (QED) is 0.585. The molecule has 10 heavy (non-hydrogen) atoms. The molecule has 1 aromatic rings. The normalized spacial score (nSPS) is 8.80. The molecule has 0 atom stereocenters. The summed E-state index contributed by atoms with van der Waals surface area (Å²) < 4.78 is 0. The van der Waals surface area contributed by atoms with Crippen molar-refractivity contribution in [2.45, 2.75) is 0 Å². The Kier molecular flexibility index (Phi) is 2.17. The third-order valence-corrected chi connectivity index (χ3v) is 1.57. The van der Waals surface area contributed by atoms with Gasteiger partial charge in [-0.1, -0.05) is 0 Å². The van der Waals surface area contributed by atoms with Crippen LogP contribution in [-0.2, 0) is 9.59 Å². The van der Waals surface area contributed by atoms with Gasteiger partial charge in [0.05, 0.1) is 0 Å². The molecular formula is C6H3NO2S. The number of hydrogen-bond donors (Lipinski definition) is 0. The highest BCUT2D eigenvalue weighted by atomic mass is 32.1. The molecule has 0 fully saturated rings. The van der Waals surface area contributed by atoms with Crippen molar-refractivity contribution in [2.75, 3.05) is 0 Å². The minimum atomic E-state index is -0.859. The molecule has 2 radical (unpaired) electrons. The number of thiophene rings is 1. The Hall–Kier alpha value is -1.16. The van der Waals surface area contributed by atoms with Crippen LogP contribution in [0.5, 0.6) is 0 Å². The molecule has 0 saturated heterocycles. The fourth-order valence-electron chi connectivity index (χ4n) is 0.456. The zero-order chi connectivity index (χ0) is 7.40. The zero-order valence-electron chi connectivity index (χ0n) is 4.90. The highest BCUT2D eigenvalue weighted by molar-refractivity contribution is 7.13. The average molecular weight is 153 g/mol. The summed E-state index contributed by atoms with van der Waals surface area (Å²) in [6.07, 6.45) is 1.15. The van der Waals surface area contributed by atoms with E-state index in [0.29, 0.717) is 5.00 Å². The van der Waals surface area contributed by atoms with Crippen molar-refractivity contribution < 1.29 is 9.59 Å². The lowest BCUT2D eigenvalue weighted by molar-refractivity contribution is -0.114. The topological polar surface area (TPSA) is 48.2 Å². The van der Waals surface area contributed by atoms with E-state index in [1.807, 2.05) is 0 Å². The third-order valence-electron chi connectivity index (χ3n) is 0.805. The molecule has 0 aromatic carbocycles. The van der Waals surface area contributed by atoms with E-state index in [1.54, 1.807) is 17.5 Å². The predicted molar refractivity (Wildman–Crippen MR) is 36.8 cm³/mol. The maximum Gasteiger partial charge on any atom is 0.323 e. The van der Waals surface area contributed by atoms with Gasteiger partial charge < -0.3 is 0 Å². The SMILES string of the molecule is O=[C]C(=O)[N]c1cccs1. The Bertz CT molecular complexity index is 230. The highest BCUT2D eigenvalue weighted by Gasteiger charge is 2.02. The molecule has 1 amide bonds. The van der Waals surface area contributed by atoms with Crippen molar-refractivity contribution in [2.24, 2.45) is 0 Å². The van der Waals surface area contributed by atoms with Gasteiger partial charge in [-0.15, -0.1) is 11.3 Å². The molecule has 3 nitrogen and oxygen atoms in total. The smallest absolute Gasteiger partial charge is 0.279 e. The molecule has 1 rings (SSSR count). The molecule has 0 N–H and O–H groups in total. The first kappa shape index (κ1) is 6.95. The molecule has 1 heterocycles. The number of amides is 1. The summed E-state index contributed by atoms with van der Waals surface area (Å²) in [6, 6.07) is 3.40. The summed E-state index contributed by atoms with van der Waals surface area (Å²) in [5, 5.41) is 5.70. The molecule has 0 bridgehead atoms. The predicted octanol–water partition coefficient (Wildman–Crippen LogP) is 0.620. The van der Waals surface area contributed by atoms with Crippen LogP contribution in [-0.4, -0.2) is 12.2 Å². The van der Waals surface area contributed by atoms with Crippen LogP contribution in [0.1, 0.15) is 0 Å². The number of carbonyl (C=O) groups is 1. The van der Waals surface area contributed by atoms with Gasteiger partial charge in [-0.2, -0.15) is 5.32 Å². The van der Waals surface area contributed by atoms with Gasteiger partial charge >= 0.3 is 5.91 Å². The van der Waals surface area contributed by atoms with Gasteiger partial charge in [0, 0.05) is 0 Å². The Morgan fingerprint density at radius 2 is 2.50 bits per heavy atom. The van der Waals surface area contributed by atoms with Crippen LogP contribution in [0.4, 0.5) is 5.00 Å². The molecular weight excluding hydrogens is 150 g/mol. The highest BCUT2D eigenvalue weighted by Crippen LogP contribution is 2.14. The first-order valence-corrected chi connectivity index (χ1v) is 3.38. The minimum Gasteiger partial charge on any atom is -0.279 e.